The average Bonchev–Trinajstić information content (AvgIpc) is 2.03. The molecule has 1 rings (SSSR count). The van der Waals surface area contributed by atoms with Crippen molar-refractivity contribution in [1.82, 2.24) is 0 Å². The monoisotopic (exact) mass is 196 g/mol. The fraction of sp³-hybridized carbons (Fsp3) is 0.273. The third-order valence-electron chi connectivity index (χ3n) is 1.82. The van der Waals surface area contributed by atoms with Gasteiger partial charge in [0.1, 0.15) is 5.75 Å². The number of benzene rings is 1. The van der Waals surface area contributed by atoms with Crippen molar-refractivity contribution >= 4 is 11.6 Å². The standard InChI is InChI=1S/C11H13ClO/c1-8-4-5-11(13-3)10(6-8)7-9(2)12/h4-6H,2,7H2,1,3H3. The summed E-state index contributed by atoms with van der Waals surface area (Å²) in [6.45, 7) is 5.71. The predicted octanol–water partition coefficient (Wildman–Crippen LogP) is 3.30. The maximum Gasteiger partial charge on any atom is 0.122 e. The van der Waals surface area contributed by atoms with Gasteiger partial charge >= 0.3 is 0 Å². The molecule has 0 aromatic heterocycles. The molecule has 0 amide bonds. The Morgan fingerprint density at radius 3 is 2.77 bits per heavy atom. The summed E-state index contributed by atoms with van der Waals surface area (Å²) < 4.78 is 5.20. The van der Waals surface area contributed by atoms with E-state index < -0.39 is 0 Å². The zero-order valence-electron chi connectivity index (χ0n) is 7.93. The van der Waals surface area contributed by atoms with Gasteiger partial charge < -0.3 is 4.74 Å². The van der Waals surface area contributed by atoms with Crippen LogP contribution in [0.2, 0.25) is 0 Å². The Bertz CT molecular complexity index is 318. The summed E-state index contributed by atoms with van der Waals surface area (Å²) in [6, 6.07) is 6.02. The first kappa shape index (κ1) is 10.1. The van der Waals surface area contributed by atoms with Gasteiger partial charge in [-0.3, -0.25) is 0 Å². The van der Waals surface area contributed by atoms with Crippen molar-refractivity contribution in [2.45, 2.75) is 13.3 Å². The summed E-state index contributed by atoms with van der Waals surface area (Å²) in [4.78, 5) is 0. The maximum absolute atomic E-state index is 5.74. The van der Waals surface area contributed by atoms with E-state index in [0.717, 1.165) is 11.3 Å². The minimum absolute atomic E-state index is 0.629. The lowest BCUT2D eigenvalue weighted by atomic mass is 10.1. The molecule has 0 bridgehead atoms. The van der Waals surface area contributed by atoms with Crippen molar-refractivity contribution in [3.8, 4) is 5.75 Å². The van der Waals surface area contributed by atoms with Gasteiger partial charge in [-0.2, -0.15) is 0 Å². The van der Waals surface area contributed by atoms with Crippen LogP contribution in [0.5, 0.6) is 5.75 Å². The highest BCUT2D eigenvalue weighted by molar-refractivity contribution is 6.29. The van der Waals surface area contributed by atoms with E-state index in [1.54, 1.807) is 7.11 Å². The topological polar surface area (TPSA) is 9.23 Å². The minimum atomic E-state index is 0.629. The van der Waals surface area contributed by atoms with Crippen molar-refractivity contribution in [1.29, 1.82) is 0 Å². The van der Waals surface area contributed by atoms with Crippen LogP contribution in [0.1, 0.15) is 11.1 Å². The summed E-state index contributed by atoms with van der Waals surface area (Å²) in [7, 11) is 1.66. The second-order valence-corrected chi connectivity index (χ2v) is 3.54. The Kier molecular flexibility index (Phi) is 3.38. The highest BCUT2D eigenvalue weighted by Crippen LogP contribution is 2.22. The average molecular weight is 197 g/mol. The molecule has 13 heavy (non-hydrogen) atoms. The second kappa shape index (κ2) is 4.33. The number of hydrogen-bond acceptors (Lipinski definition) is 1. The number of methoxy groups -OCH3 is 1. The molecule has 0 N–H and O–H groups in total. The Morgan fingerprint density at radius 1 is 1.54 bits per heavy atom. The van der Waals surface area contributed by atoms with Crippen molar-refractivity contribution in [3.05, 3.63) is 40.9 Å². The molecule has 0 aliphatic carbocycles. The molecule has 0 spiro atoms. The molecule has 70 valence electrons. The van der Waals surface area contributed by atoms with Gasteiger partial charge in [-0.1, -0.05) is 35.9 Å². The van der Waals surface area contributed by atoms with E-state index in [9.17, 15) is 0 Å². The Labute approximate surface area is 84.0 Å². The molecule has 0 aliphatic rings. The molecule has 1 aromatic carbocycles. The van der Waals surface area contributed by atoms with E-state index in [1.165, 1.54) is 5.56 Å². The number of rotatable bonds is 3. The Balaban J connectivity index is 3.01. The van der Waals surface area contributed by atoms with Gasteiger partial charge in [0.25, 0.3) is 0 Å². The lowest BCUT2D eigenvalue weighted by Crippen LogP contribution is -1.92. The first-order valence-corrected chi connectivity index (χ1v) is 4.48. The Morgan fingerprint density at radius 2 is 2.23 bits per heavy atom. The number of aryl methyl sites for hydroxylation is 1. The van der Waals surface area contributed by atoms with Gasteiger partial charge in [0.15, 0.2) is 0 Å². The van der Waals surface area contributed by atoms with Crippen LogP contribution < -0.4 is 4.74 Å². The van der Waals surface area contributed by atoms with Crippen LogP contribution >= 0.6 is 11.6 Å². The van der Waals surface area contributed by atoms with Crippen LogP contribution in [0.25, 0.3) is 0 Å². The van der Waals surface area contributed by atoms with Gasteiger partial charge in [-0.25, -0.2) is 0 Å². The van der Waals surface area contributed by atoms with Crippen molar-refractivity contribution < 1.29 is 4.74 Å². The highest BCUT2D eigenvalue weighted by Gasteiger charge is 2.03. The maximum atomic E-state index is 5.74. The smallest absolute Gasteiger partial charge is 0.122 e. The van der Waals surface area contributed by atoms with Crippen molar-refractivity contribution in [2.24, 2.45) is 0 Å². The van der Waals surface area contributed by atoms with Crippen LogP contribution in [0.3, 0.4) is 0 Å². The first-order valence-electron chi connectivity index (χ1n) is 4.10. The number of allylic oxidation sites excluding steroid dienone is 1. The fourth-order valence-corrected chi connectivity index (χ4v) is 1.40. The summed E-state index contributed by atoms with van der Waals surface area (Å²) in [5, 5.41) is 0.629. The minimum Gasteiger partial charge on any atom is -0.496 e. The van der Waals surface area contributed by atoms with Gasteiger partial charge in [0.05, 0.1) is 7.11 Å². The molecule has 0 saturated carbocycles. The SMILES string of the molecule is C=C(Cl)Cc1cc(C)ccc1OC. The van der Waals surface area contributed by atoms with Crippen molar-refractivity contribution in [2.75, 3.05) is 7.11 Å². The normalized spacial score (nSPS) is 9.77. The molecule has 0 radical (unpaired) electrons. The quantitative estimate of drug-likeness (QED) is 0.721. The number of halogens is 1. The molecular formula is C11H13ClO. The lowest BCUT2D eigenvalue weighted by Gasteiger charge is -2.08. The predicted molar refractivity (Wildman–Crippen MR) is 56.4 cm³/mol. The number of hydrogen-bond donors (Lipinski definition) is 0. The van der Waals surface area contributed by atoms with Gasteiger partial charge in [0, 0.05) is 11.5 Å². The summed E-state index contributed by atoms with van der Waals surface area (Å²) in [5.74, 6) is 0.868. The molecule has 0 saturated heterocycles. The van der Waals surface area contributed by atoms with E-state index in [2.05, 4.69) is 12.6 Å². The number of ether oxygens (including phenoxy) is 1. The third-order valence-corrected chi connectivity index (χ3v) is 1.95. The van der Waals surface area contributed by atoms with Crippen molar-refractivity contribution in [3.63, 3.8) is 0 Å². The van der Waals surface area contributed by atoms with E-state index in [-0.39, 0.29) is 0 Å². The van der Waals surface area contributed by atoms with E-state index in [4.69, 9.17) is 16.3 Å². The molecule has 2 heteroatoms. The summed E-state index contributed by atoms with van der Waals surface area (Å²) >= 11 is 5.74. The molecule has 0 aliphatic heterocycles. The molecule has 0 atom stereocenters. The molecule has 1 aromatic rings. The molecule has 0 fully saturated rings. The lowest BCUT2D eigenvalue weighted by molar-refractivity contribution is 0.410. The molecule has 0 unspecified atom stereocenters. The third kappa shape index (κ3) is 2.78. The summed E-state index contributed by atoms with van der Waals surface area (Å²) in [5.41, 5.74) is 2.29. The molecule has 0 heterocycles. The van der Waals surface area contributed by atoms with Gasteiger partial charge in [-0.05, 0) is 18.6 Å². The van der Waals surface area contributed by atoms with Crippen LogP contribution in [-0.4, -0.2) is 7.11 Å². The Hall–Kier alpha value is -0.950. The largest absolute Gasteiger partial charge is 0.496 e. The van der Waals surface area contributed by atoms with Crippen LogP contribution in [-0.2, 0) is 6.42 Å². The first-order chi connectivity index (χ1) is 6.13. The molecule has 1 nitrogen and oxygen atoms in total. The second-order valence-electron chi connectivity index (χ2n) is 3.01. The van der Waals surface area contributed by atoms with Crippen LogP contribution in [0.15, 0.2) is 29.8 Å². The molecular weight excluding hydrogens is 184 g/mol. The van der Waals surface area contributed by atoms with E-state index in [1.807, 2.05) is 19.1 Å². The highest BCUT2D eigenvalue weighted by atomic mass is 35.5. The fourth-order valence-electron chi connectivity index (χ4n) is 1.25. The van der Waals surface area contributed by atoms with Crippen LogP contribution in [0, 0.1) is 6.92 Å². The van der Waals surface area contributed by atoms with Gasteiger partial charge in [0.2, 0.25) is 0 Å². The van der Waals surface area contributed by atoms with E-state index in [0.29, 0.717) is 11.5 Å². The van der Waals surface area contributed by atoms with E-state index >= 15 is 0 Å². The zero-order valence-corrected chi connectivity index (χ0v) is 8.69. The zero-order chi connectivity index (χ0) is 9.84. The van der Waals surface area contributed by atoms with Crippen LogP contribution in [0.4, 0.5) is 0 Å². The van der Waals surface area contributed by atoms with Gasteiger partial charge in [-0.15, -0.1) is 0 Å². The summed E-state index contributed by atoms with van der Waals surface area (Å²) in [6.07, 6.45) is 0.659.